The molecule has 0 unspecified atom stereocenters. The molecule has 0 saturated carbocycles. The third-order valence-electron chi connectivity index (χ3n) is 4.79. The van der Waals surface area contributed by atoms with Gasteiger partial charge < -0.3 is 10.4 Å². The highest BCUT2D eigenvalue weighted by Crippen LogP contribution is 2.28. The lowest BCUT2D eigenvalue weighted by molar-refractivity contribution is 0.101. The van der Waals surface area contributed by atoms with Crippen LogP contribution in [0.4, 0.5) is 5.69 Å². The van der Waals surface area contributed by atoms with E-state index in [1.165, 1.54) is 22.9 Å². The number of nitrogens with one attached hydrogen (secondary N) is 1. The van der Waals surface area contributed by atoms with Crippen molar-refractivity contribution in [1.29, 1.82) is 0 Å². The van der Waals surface area contributed by atoms with Gasteiger partial charge >= 0.3 is 0 Å². The van der Waals surface area contributed by atoms with Crippen LogP contribution in [0.25, 0.3) is 16.8 Å². The number of amides is 1. The van der Waals surface area contributed by atoms with E-state index in [0.29, 0.717) is 33.9 Å². The van der Waals surface area contributed by atoms with Crippen LogP contribution in [0.15, 0.2) is 83.8 Å². The van der Waals surface area contributed by atoms with Gasteiger partial charge in [-0.25, -0.2) is 18.2 Å². The first kappa shape index (κ1) is 21.3. The SMILES string of the molecule is Cc1cc(C(=O)Nc2ccc(-c3ccccc3S(N)(=O)=O)cc2)n(-c2cccc(O)c2)n1. The van der Waals surface area contributed by atoms with E-state index in [2.05, 4.69) is 10.4 Å². The van der Waals surface area contributed by atoms with Crippen molar-refractivity contribution < 1.29 is 18.3 Å². The maximum Gasteiger partial charge on any atom is 0.274 e. The van der Waals surface area contributed by atoms with E-state index >= 15 is 0 Å². The van der Waals surface area contributed by atoms with Crippen molar-refractivity contribution in [3.63, 3.8) is 0 Å². The number of carbonyl (C=O) groups is 1. The second-order valence-corrected chi connectivity index (χ2v) is 8.71. The number of benzene rings is 3. The summed E-state index contributed by atoms with van der Waals surface area (Å²) in [6.45, 7) is 1.77. The molecular formula is C23H20N4O4S. The number of carbonyl (C=O) groups excluding carboxylic acids is 1. The molecule has 0 spiro atoms. The second kappa shape index (κ2) is 8.29. The molecule has 162 valence electrons. The van der Waals surface area contributed by atoms with Gasteiger partial charge in [0.15, 0.2) is 0 Å². The van der Waals surface area contributed by atoms with E-state index < -0.39 is 10.0 Å². The lowest BCUT2D eigenvalue weighted by Gasteiger charge is -2.11. The smallest absolute Gasteiger partial charge is 0.274 e. The van der Waals surface area contributed by atoms with E-state index in [9.17, 15) is 18.3 Å². The number of phenols is 1. The van der Waals surface area contributed by atoms with Crippen LogP contribution in [0.1, 0.15) is 16.2 Å². The summed E-state index contributed by atoms with van der Waals surface area (Å²) < 4.78 is 25.2. The molecule has 4 aromatic rings. The van der Waals surface area contributed by atoms with E-state index in [4.69, 9.17) is 5.14 Å². The molecule has 9 heteroatoms. The van der Waals surface area contributed by atoms with Gasteiger partial charge in [0.25, 0.3) is 5.91 Å². The van der Waals surface area contributed by atoms with Gasteiger partial charge in [0.2, 0.25) is 10.0 Å². The van der Waals surface area contributed by atoms with E-state index in [1.807, 2.05) is 0 Å². The molecule has 0 atom stereocenters. The lowest BCUT2D eigenvalue weighted by Crippen LogP contribution is -2.17. The van der Waals surface area contributed by atoms with Crippen LogP contribution in [0.3, 0.4) is 0 Å². The molecule has 1 aromatic heterocycles. The number of nitrogens with two attached hydrogens (primary N) is 1. The van der Waals surface area contributed by atoms with Crippen LogP contribution in [0.2, 0.25) is 0 Å². The minimum Gasteiger partial charge on any atom is -0.508 e. The first-order valence-corrected chi connectivity index (χ1v) is 11.2. The van der Waals surface area contributed by atoms with Crippen LogP contribution < -0.4 is 10.5 Å². The predicted molar refractivity (Wildman–Crippen MR) is 121 cm³/mol. The molecule has 0 fully saturated rings. The van der Waals surface area contributed by atoms with Gasteiger partial charge in [-0.3, -0.25) is 4.79 Å². The highest BCUT2D eigenvalue weighted by Gasteiger charge is 2.17. The molecular weight excluding hydrogens is 428 g/mol. The average Bonchev–Trinajstić information content (AvgIpc) is 3.16. The third-order valence-corrected chi connectivity index (χ3v) is 5.75. The number of aryl methyl sites for hydroxylation is 1. The lowest BCUT2D eigenvalue weighted by atomic mass is 10.1. The van der Waals surface area contributed by atoms with Gasteiger partial charge in [-0.1, -0.05) is 36.4 Å². The molecule has 3 aromatic carbocycles. The normalized spacial score (nSPS) is 11.3. The standard InChI is InChI=1S/C23H20N4O4S/c1-15-13-21(27(26-15)18-5-4-6-19(28)14-18)23(29)25-17-11-9-16(10-12-17)20-7-2-3-8-22(20)32(24,30)31/h2-14,28H,1H3,(H,25,29)(H2,24,30,31). The van der Waals surface area contributed by atoms with Gasteiger partial charge in [-0.05, 0) is 48.9 Å². The third kappa shape index (κ3) is 4.39. The Hall–Kier alpha value is -3.95. The average molecular weight is 449 g/mol. The zero-order chi connectivity index (χ0) is 22.9. The number of aromatic nitrogens is 2. The van der Waals surface area contributed by atoms with Gasteiger partial charge in [-0.2, -0.15) is 5.10 Å². The second-order valence-electron chi connectivity index (χ2n) is 7.18. The van der Waals surface area contributed by atoms with Crippen LogP contribution in [0, 0.1) is 6.92 Å². The quantitative estimate of drug-likeness (QED) is 0.431. The van der Waals surface area contributed by atoms with Crippen LogP contribution >= 0.6 is 0 Å². The van der Waals surface area contributed by atoms with Crippen LogP contribution in [-0.4, -0.2) is 29.2 Å². The molecule has 4 rings (SSSR count). The Morgan fingerprint density at radius 2 is 1.72 bits per heavy atom. The molecule has 32 heavy (non-hydrogen) atoms. The molecule has 0 aliphatic rings. The predicted octanol–water partition coefficient (Wildman–Crippen LogP) is 3.45. The summed E-state index contributed by atoms with van der Waals surface area (Å²) in [5.41, 5.74) is 3.15. The summed E-state index contributed by atoms with van der Waals surface area (Å²) in [6, 6.07) is 21.3. The van der Waals surface area contributed by atoms with Crippen molar-refractivity contribution in [2.45, 2.75) is 11.8 Å². The number of phenolic OH excluding ortho intramolecular Hbond substituents is 1. The van der Waals surface area contributed by atoms with Crippen molar-refractivity contribution in [3.05, 3.63) is 90.3 Å². The van der Waals surface area contributed by atoms with Crippen molar-refractivity contribution >= 4 is 21.6 Å². The molecule has 4 N–H and O–H groups in total. The Balaban J connectivity index is 1.61. The van der Waals surface area contributed by atoms with Crippen molar-refractivity contribution in [2.24, 2.45) is 5.14 Å². The fourth-order valence-electron chi connectivity index (χ4n) is 3.36. The summed E-state index contributed by atoms with van der Waals surface area (Å²) in [5.74, 6) is -0.316. The maximum atomic E-state index is 12.9. The topological polar surface area (TPSA) is 127 Å². The van der Waals surface area contributed by atoms with Crippen molar-refractivity contribution in [1.82, 2.24) is 9.78 Å². The van der Waals surface area contributed by atoms with Crippen LogP contribution in [0.5, 0.6) is 5.75 Å². The Morgan fingerprint density at radius 1 is 1.00 bits per heavy atom. The van der Waals surface area contributed by atoms with E-state index in [0.717, 1.165) is 0 Å². The van der Waals surface area contributed by atoms with Gasteiger partial charge in [0.05, 0.1) is 16.3 Å². The zero-order valence-corrected chi connectivity index (χ0v) is 17.9. The number of rotatable bonds is 5. The summed E-state index contributed by atoms with van der Waals surface area (Å²) in [4.78, 5) is 12.9. The number of nitrogens with zero attached hydrogens (tertiary/aromatic N) is 2. The highest BCUT2D eigenvalue weighted by atomic mass is 32.2. The van der Waals surface area contributed by atoms with Gasteiger partial charge in [0.1, 0.15) is 11.4 Å². The highest BCUT2D eigenvalue weighted by molar-refractivity contribution is 7.89. The molecule has 0 saturated heterocycles. The minimum absolute atomic E-state index is 0.0299. The van der Waals surface area contributed by atoms with Crippen LogP contribution in [-0.2, 0) is 10.0 Å². The van der Waals surface area contributed by atoms with Crippen molar-refractivity contribution in [3.8, 4) is 22.6 Å². The fraction of sp³-hybridized carbons (Fsp3) is 0.0435. The Labute approximate surface area is 185 Å². The van der Waals surface area contributed by atoms with Gasteiger partial charge in [0, 0.05) is 17.3 Å². The number of hydrogen-bond donors (Lipinski definition) is 3. The molecule has 0 aliphatic heterocycles. The summed E-state index contributed by atoms with van der Waals surface area (Å²) in [7, 11) is -3.88. The van der Waals surface area contributed by atoms with Gasteiger partial charge in [-0.15, -0.1) is 0 Å². The summed E-state index contributed by atoms with van der Waals surface area (Å²) >= 11 is 0. The Bertz CT molecular complexity index is 1410. The Morgan fingerprint density at radius 3 is 2.41 bits per heavy atom. The monoisotopic (exact) mass is 448 g/mol. The number of sulfonamides is 1. The number of anilines is 1. The van der Waals surface area contributed by atoms with Crippen molar-refractivity contribution in [2.75, 3.05) is 5.32 Å². The molecule has 1 heterocycles. The number of primary sulfonamides is 1. The van der Waals surface area contributed by atoms with E-state index in [-0.39, 0.29) is 16.6 Å². The number of hydrogen-bond acceptors (Lipinski definition) is 5. The Kier molecular flexibility index (Phi) is 5.52. The summed E-state index contributed by atoms with van der Waals surface area (Å²) in [5, 5.41) is 22.2. The maximum absolute atomic E-state index is 12.9. The molecule has 0 radical (unpaired) electrons. The minimum atomic E-state index is -3.88. The summed E-state index contributed by atoms with van der Waals surface area (Å²) in [6.07, 6.45) is 0. The molecule has 0 bridgehead atoms. The molecule has 8 nitrogen and oxygen atoms in total. The fourth-order valence-corrected chi connectivity index (χ4v) is 4.12. The first-order chi connectivity index (χ1) is 15.2. The number of aromatic hydroxyl groups is 1. The molecule has 0 aliphatic carbocycles. The zero-order valence-electron chi connectivity index (χ0n) is 17.1. The largest absolute Gasteiger partial charge is 0.508 e. The first-order valence-electron chi connectivity index (χ1n) is 9.62. The van der Waals surface area contributed by atoms with E-state index in [1.54, 1.807) is 67.6 Å². The molecule has 1 amide bonds.